The van der Waals surface area contributed by atoms with Crippen LogP contribution < -0.4 is 4.74 Å². The molecule has 2 fully saturated rings. The minimum absolute atomic E-state index is 0.231. The number of nitrogens with zero attached hydrogens (tertiary/aromatic N) is 2. The van der Waals surface area contributed by atoms with E-state index < -0.39 is 17.1 Å². The minimum Gasteiger partial charge on any atom is -0.423 e. The number of morpholine rings is 1. The third-order valence-corrected chi connectivity index (χ3v) is 6.44. The molecule has 0 aromatic heterocycles. The zero-order valence-corrected chi connectivity index (χ0v) is 19.8. The van der Waals surface area contributed by atoms with Crippen molar-refractivity contribution in [2.24, 2.45) is 0 Å². The minimum atomic E-state index is -0.502. The maximum absolute atomic E-state index is 12.7. The molecule has 2 saturated heterocycles. The van der Waals surface area contributed by atoms with E-state index in [1.807, 2.05) is 0 Å². The number of ether oxygens (including phenoxy) is 2. The molecule has 10 heteroatoms. The van der Waals surface area contributed by atoms with E-state index >= 15 is 0 Å². The Hall–Kier alpha value is -2.95. The molecule has 2 aromatic rings. The van der Waals surface area contributed by atoms with Crippen LogP contribution in [0.25, 0.3) is 6.08 Å². The number of halogens is 1. The molecule has 3 amide bonds. The highest BCUT2D eigenvalue weighted by molar-refractivity contribution is 9.10. The van der Waals surface area contributed by atoms with Crippen LogP contribution in [0.1, 0.15) is 15.9 Å². The summed E-state index contributed by atoms with van der Waals surface area (Å²) in [7, 11) is 0. The zero-order valence-electron chi connectivity index (χ0n) is 17.4. The van der Waals surface area contributed by atoms with Gasteiger partial charge >= 0.3 is 5.97 Å². The number of amides is 3. The summed E-state index contributed by atoms with van der Waals surface area (Å²) in [6.45, 7) is 1.50. The van der Waals surface area contributed by atoms with E-state index in [4.69, 9.17) is 9.47 Å². The van der Waals surface area contributed by atoms with Gasteiger partial charge in [-0.3, -0.25) is 19.3 Å². The second-order valence-electron chi connectivity index (χ2n) is 7.23. The second-order valence-corrected chi connectivity index (χ2v) is 9.14. The number of carbonyl (C=O) groups excluding carboxylic acids is 4. The molecule has 0 saturated carbocycles. The second kappa shape index (κ2) is 10.3. The predicted octanol–water partition coefficient (Wildman–Crippen LogP) is 3.56. The van der Waals surface area contributed by atoms with E-state index in [2.05, 4.69) is 15.9 Å². The zero-order chi connectivity index (χ0) is 23.4. The quantitative estimate of drug-likeness (QED) is 0.331. The highest BCUT2D eigenvalue weighted by Crippen LogP contribution is 2.32. The Labute approximate surface area is 202 Å². The molecule has 2 aromatic carbocycles. The first-order chi connectivity index (χ1) is 15.9. The van der Waals surface area contributed by atoms with Crippen molar-refractivity contribution in [2.45, 2.75) is 0 Å². The molecule has 2 aliphatic rings. The lowest BCUT2D eigenvalue weighted by Gasteiger charge is -2.28. The molecule has 2 aliphatic heterocycles. The molecule has 0 unspecified atom stereocenters. The normalized spacial score (nSPS) is 17.5. The Balaban J connectivity index is 1.38. The van der Waals surface area contributed by atoms with Crippen LogP contribution in [-0.2, 0) is 14.3 Å². The number of thioether (sulfide) groups is 1. The molecule has 0 aliphatic carbocycles. The number of benzene rings is 2. The first-order valence-corrected chi connectivity index (χ1v) is 11.7. The number of hydrogen-bond acceptors (Lipinski definition) is 7. The molecule has 2 heterocycles. The number of rotatable bonds is 5. The summed E-state index contributed by atoms with van der Waals surface area (Å²) in [5, 5.41) is -0.479. The Morgan fingerprint density at radius 1 is 1.03 bits per heavy atom. The van der Waals surface area contributed by atoms with E-state index in [9.17, 15) is 19.2 Å². The molecule has 4 rings (SSSR count). The number of imide groups is 1. The third-order valence-electron chi connectivity index (χ3n) is 5.00. The smallest absolute Gasteiger partial charge is 0.343 e. The summed E-state index contributed by atoms with van der Waals surface area (Å²) in [6.07, 6.45) is 1.57. The summed E-state index contributed by atoms with van der Waals surface area (Å²) >= 11 is 4.11. The molecule has 170 valence electrons. The van der Waals surface area contributed by atoms with Gasteiger partial charge in [0.2, 0.25) is 5.91 Å². The van der Waals surface area contributed by atoms with Crippen molar-refractivity contribution >= 4 is 56.8 Å². The van der Waals surface area contributed by atoms with Crippen molar-refractivity contribution in [2.75, 3.05) is 32.8 Å². The van der Waals surface area contributed by atoms with E-state index in [0.717, 1.165) is 21.1 Å². The predicted molar refractivity (Wildman–Crippen MR) is 126 cm³/mol. The highest BCUT2D eigenvalue weighted by atomic mass is 79.9. The molecule has 33 heavy (non-hydrogen) atoms. The van der Waals surface area contributed by atoms with Crippen LogP contribution in [-0.4, -0.2) is 65.7 Å². The SMILES string of the molecule is O=C(Oc1ccc(/C=C2\SC(=O)N(CC(=O)N3CCOCC3)C2=O)cc1)c1ccc(Br)cc1. The molecule has 0 bridgehead atoms. The Morgan fingerprint density at radius 2 is 1.70 bits per heavy atom. The molecular formula is C23H19BrN2O6S. The van der Waals surface area contributed by atoms with Crippen LogP contribution in [0.4, 0.5) is 4.79 Å². The molecule has 0 atom stereocenters. The average molecular weight is 531 g/mol. The molecule has 0 N–H and O–H groups in total. The Morgan fingerprint density at radius 3 is 2.36 bits per heavy atom. The lowest BCUT2D eigenvalue weighted by Crippen LogP contribution is -2.46. The maximum Gasteiger partial charge on any atom is 0.343 e. The van der Waals surface area contributed by atoms with Crippen molar-refractivity contribution in [3.05, 3.63) is 69.0 Å². The van der Waals surface area contributed by atoms with Crippen molar-refractivity contribution in [3.8, 4) is 5.75 Å². The van der Waals surface area contributed by atoms with Crippen molar-refractivity contribution in [3.63, 3.8) is 0 Å². The Bertz CT molecular complexity index is 1110. The lowest BCUT2D eigenvalue weighted by atomic mass is 10.2. The van der Waals surface area contributed by atoms with Crippen molar-refractivity contribution in [1.29, 1.82) is 0 Å². The van der Waals surface area contributed by atoms with Crippen molar-refractivity contribution < 1.29 is 28.7 Å². The highest BCUT2D eigenvalue weighted by Gasteiger charge is 2.37. The fourth-order valence-corrected chi connectivity index (χ4v) is 4.32. The average Bonchev–Trinajstić information content (AvgIpc) is 3.08. The first-order valence-electron chi connectivity index (χ1n) is 10.1. The number of esters is 1. The van der Waals surface area contributed by atoms with Gasteiger partial charge in [0.05, 0.1) is 23.7 Å². The first kappa shape index (κ1) is 23.2. The van der Waals surface area contributed by atoms with Gasteiger partial charge in [-0.15, -0.1) is 0 Å². The summed E-state index contributed by atoms with van der Waals surface area (Å²) < 4.78 is 11.4. The molecule has 8 nitrogen and oxygen atoms in total. The van der Waals surface area contributed by atoms with Crippen LogP contribution in [0.5, 0.6) is 5.75 Å². The fraction of sp³-hybridized carbons (Fsp3) is 0.217. The van der Waals surface area contributed by atoms with Crippen LogP contribution in [0.2, 0.25) is 0 Å². The lowest BCUT2D eigenvalue weighted by molar-refractivity contribution is -0.139. The van der Waals surface area contributed by atoms with E-state index in [1.165, 1.54) is 0 Å². The van der Waals surface area contributed by atoms with Gasteiger partial charge in [0.15, 0.2) is 0 Å². The third kappa shape index (κ3) is 5.70. The number of carbonyl (C=O) groups is 4. The topological polar surface area (TPSA) is 93.2 Å². The monoisotopic (exact) mass is 530 g/mol. The number of hydrogen-bond donors (Lipinski definition) is 0. The van der Waals surface area contributed by atoms with Gasteiger partial charge in [-0.2, -0.15) is 0 Å². The summed E-state index contributed by atoms with van der Waals surface area (Å²) in [6, 6.07) is 13.4. The molecule has 0 radical (unpaired) electrons. The standard InChI is InChI=1S/C23H19BrN2O6S/c24-17-5-3-16(4-6-17)22(29)32-18-7-1-15(2-8-18)13-19-21(28)26(23(30)33-19)14-20(27)25-9-11-31-12-10-25/h1-8,13H,9-12,14H2/b19-13-. The summed E-state index contributed by atoms with van der Waals surface area (Å²) in [5.41, 5.74) is 1.08. The summed E-state index contributed by atoms with van der Waals surface area (Å²) in [5.74, 6) is -0.915. The van der Waals surface area contributed by atoms with Crippen molar-refractivity contribution in [1.82, 2.24) is 9.80 Å². The Kier molecular flexibility index (Phi) is 7.26. The molecular weight excluding hydrogens is 512 g/mol. The van der Waals surface area contributed by atoms with Gasteiger partial charge < -0.3 is 14.4 Å². The van der Waals surface area contributed by atoms with Crippen LogP contribution in [0.3, 0.4) is 0 Å². The van der Waals surface area contributed by atoms with Gasteiger partial charge in [0.25, 0.3) is 11.1 Å². The van der Waals surface area contributed by atoms with E-state index in [-0.39, 0.29) is 17.4 Å². The largest absolute Gasteiger partial charge is 0.423 e. The summed E-state index contributed by atoms with van der Waals surface area (Å²) in [4.78, 5) is 52.4. The van der Waals surface area contributed by atoms with Gasteiger partial charge in [-0.25, -0.2) is 4.79 Å². The maximum atomic E-state index is 12.7. The van der Waals surface area contributed by atoms with Crippen LogP contribution in [0, 0.1) is 0 Å². The van der Waals surface area contributed by atoms with Crippen LogP contribution >= 0.6 is 27.7 Å². The van der Waals surface area contributed by atoms with E-state index in [0.29, 0.717) is 43.2 Å². The van der Waals surface area contributed by atoms with Crippen LogP contribution in [0.15, 0.2) is 57.9 Å². The fourth-order valence-electron chi connectivity index (χ4n) is 3.22. The van der Waals surface area contributed by atoms with E-state index in [1.54, 1.807) is 59.5 Å². The molecule has 0 spiro atoms. The van der Waals surface area contributed by atoms with Gasteiger partial charge in [-0.05, 0) is 59.8 Å². The van der Waals surface area contributed by atoms with Gasteiger partial charge in [-0.1, -0.05) is 28.1 Å². The van der Waals surface area contributed by atoms with Gasteiger partial charge in [0, 0.05) is 17.6 Å². The van der Waals surface area contributed by atoms with Gasteiger partial charge in [0.1, 0.15) is 12.3 Å².